The van der Waals surface area contributed by atoms with Crippen LogP contribution in [-0.2, 0) is 48.0 Å². The van der Waals surface area contributed by atoms with Crippen LogP contribution in [0.3, 0.4) is 0 Å². The van der Waals surface area contributed by atoms with Gasteiger partial charge in [-0.15, -0.1) is 0 Å². The van der Waals surface area contributed by atoms with Crippen LogP contribution in [0.5, 0.6) is 5.75 Å². The van der Waals surface area contributed by atoms with E-state index in [9.17, 15) is 18.9 Å². The fourth-order valence-electron chi connectivity index (χ4n) is 6.30. The van der Waals surface area contributed by atoms with Crippen LogP contribution in [0.15, 0.2) is 65.9 Å². The minimum atomic E-state index is -4.50. The first-order valence-electron chi connectivity index (χ1n) is 18.3. The molecule has 294 valence electrons. The molecule has 4 aromatic rings. The number of anilines is 1. The van der Waals surface area contributed by atoms with Gasteiger partial charge in [-0.05, 0) is 49.8 Å². The number of carbonyl (C=O) groups is 3. The van der Waals surface area contributed by atoms with Gasteiger partial charge in [0.05, 0.1) is 24.1 Å². The quantitative estimate of drug-likeness (QED) is 0.0692. The largest absolute Gasteiger partial charge is 0.461 e. The van der Waals surface area contributed by atoms with Crippen LogP contribution < -0.4 is 15.3 Å². The molecule has 0 bridgehead atoms. The number of nitrogens with one attached hydrogen (secondary N) is 1. The third-order valence-electron chi connectivity index (χ3n) is 9.49. The zero-order valence-corrected chi connectivity index (χ0v) is 32.5. The molecule has 2 aromatic heterocycles. The number of hydrogen-bond donors (Lipinski definition) is 2. The lowest BCUT2D eigenvalue weighted by molar-refractivity contribution is -0.172. The summed E-state index contributed by atoms with van der Waals surface area (Å²) in [5, 5.41) is 8.58. The predicted molar refractivity (Wildman–Crippen MR) is 202 cm³/mol. The number of aromatic nitrogens is 3. The van der Waals surface area contributed by atoms with E-state index in [2.05, 4.69) is 20.2 Å². The molecule has 1 saturated carbocycles. The van der Waals surface area contributed by atoms with E-state index in [0.29, 0.717) is 16.6 Å². The first-order chi connectivity index (χ1) is 26.2. The van der Waals surface area contributed by atoms with Crippen LogP contribution in [0.2, 0.25) is 0 Å². The number of rotatable bonds is 15. The Kier molecular flexibility index (Phi) is 11.9. The number of nitrogen functional groups attached to an aromatic ring is 1. The maximum absolute atomic E-state index is 14.9. The highest BCUT2D eigenvalue weighted by Crippen LogP contribution is 2.49. The van der Waals surface area contributed by atoms with Crippen LogP contribution in [0.25, 0.3) is 16.3 Å². The van der Waals surface area contributed by atoms with E-state index >= 15 is 0 Å². The van der Waals surface area contributed by atoms with Crippen molar-refractivity contribution in [3.8, 4) is 5.75 Å². The topological polar surface area (TPSA) is 204 Å². The Morgan fingerprint density at radius 2 is 1.71 bits per heavy atom. The Labute approximate surface area is 318 Å². The summed E-state index contributed by atoms with van der Waals surface area (Å²) in [5.74, 6) is -2.66. The van der Waals surface area contributed by atoms with Gasteiger partial charge in [0.2, 0.25) is 0 Å². The molecule has 2 aliphatic rings. The molecule has 6 atom stereocenters. The summed E-state index contributed by atoms with van der Waals surface area (Å²) in [4.78, 5) is 48.2. The molecule has 3 N–H and O–H groups in total. The van der Waals surface area contributed by atoms with Crippen molar-refractivity contribution in [2.24, 2.45) is 16.8 Å². The highest BCUT2D eigenvalue weighted by Gasteiger charge is 2.61. The van der Waals surface area contributed by atoms with Crippen molar-refractivity contribution in [2.45, 2.75) is 89.9 Å². The molecule has 1 unspecified atom stereocenters. The molecule has 0 amide bonds. The van der Waals surface area contributed by atoms with Gasteiger partial charge < -0.3 is 29.2 Å². The van der Waals surface area contributed by atoms with Gasteiger partial charge in [-0.2, -0.15) is 10.2 Å². The van der Waals surface area contributed by atoms with E-state index in [4.69, 9.17) is 33.7 Å². The second kappa shape index (κ2) is 16.5. The maximum Gasteiger partial charge on any atom is 0.459 e. The molecule has 17 heteroatoms. The zero-order chi connectivity index (χ0) is 39.5. The normalized spacial score (nSPS) is 23.2. The first kappa shape index (κ1) is 39.8. The summed E-state index contributed by atoms with van der Waals surface area (Å²) in [5.41, 5.74) is 5.17. The Hall–Kier alpha value is -4.89. The second-order valence-corrected chi connectivity index (χ2v) is 16.0. The number of nitrogens with two attached hydrogens (primary N) is 1. The van der Waals surface area contributed by atoms with Crippen LogP contribution >= 0.6 is 7.75 Å². The van der Waals surface area contributed by atoms with Gasteiger partial charge >= 0.3 is 25.7 Å². The molecule has 16 nitrogen and oxygen atoms in total. The second-order valence-electron chi connectivity index (χ2n) is 14.3. The van der Waals surface area contributed by atoms with Crippen LogP contribution in [-0.4, -0.2) is 82.8 Å². The molecular weight excluding hydrogens is 731 g/mol. The lowest BCUT2D eigenvalue weighted by atomic mass is 9.91. The Morgan fingerprint density at radius 1 is 1.00 bits per heavy atom. The van der Waals surface area contributed by atoms with Crippen molar-refractivity contribution >= 4 is 54.0 Å². The average Bonchev–Trinajstić information content (AvgIpc) is 3.69. The summed E-state index contributed by atoms with van der Waals surface area (Å²) < 4.78 is 53.3. The average molecular weight is 779 g/mol. The van der Waals surface area contributed by atoms with E-state index in [1.54, 1.807) is 58.0 Å². The number of ether oxygens (including phenoxy) is 4. The SMILES string of the molecule is CN=C[C@@]1(c2ccc3c(N)ncnn23)O[C@H](COP(=O)(N[C@@H](C)C(=O)OC2CCC2)Oc2cccc3ccccc23)[C@@H](OC(=O)C(C)C)[C@H]1OC(=O)C(C)C. The number of esters is 3. The molecule has 2 fully saturated rings. The number of fused-ring (bicyclic) bond motifs is 2. The summed E-state index contributed by atoms with van der Waals surface area (Å²) in [7, 11) is -3.00. The minimum absolute atomic E-state index is 0.170. The molecule has 1 aliphatic carbocycles. The Balaban J connectivity index is 1.41. The Morgan fingerprint density at radius 3 is 2.40 bits per heavy atom. The van der Waals surface area contributed by atoms with Crippen LogP contribution in [0, 0.1) is 11.8 Å². The van der Waals surface area contributed by atoms with Gasteiger partial charge in [0.1, 0.15) is 35.8 Å². The molecule has 55 heavy (non-hydrogen) atoms. The number of hydrogen-bond acceptors (Lipinski definition) is 14. The summed E-state index contributed by atoms with van der Waals surface area (Å²) >= 11 is 0. The van der Waals surface area contributed by atoms with Crippen LogP contribution in [0.1, 0.15) is 59.6 Å². The molecule has 3 heterocycles. The maximum atomic E-state index is 14.9. The van der Waals surface area contributed by atoms with E-state index in [1.165, 1.54) is 31.0 Å². The van der Waals surface area contributed by atoms with Gasteiger partial charge in [-0.3, -0.25) is 23.9 Å². The van der Waals surface area contributed by atoms with Crippen molar-refractivity contribution in [1.82, 2.24) is 19.7 Å². The molecular formula is C38H47N6O10P. The third kappa shape index (κ3) is 8.37. The van der Waals surface area contributed by atoms with Gasteiger partial charge in [0, 0.05) is 18.6 Å². The standard InChI is InChI=1S/C38H47N6O10P/c1-22(2)35(45)51-32-30(53-38(20-40-6,33(32)52-36(46)23(3)4)31-18-17-28-34(39)41-21-42-44(28)31)19-49-55(48,43-24(5)37(47)50-26-13-10-14-26)54-29-16-9-12-25-11-7-8-15-27(25)29/h7-9,11-12,15-18,20-24,26,30,32-33H,10,13-14,19H2,1-6H3,(H,43,48)(H2,39,41,42)/t24-,30+,32+,33+,38-,55?/m0/s1. The molecule has 1 saturated heterocycles. The number of carbonyl (C=O) groups excluding carboxylic acids is 3. The van der Waals surface area contributed by atoms with Crippen molar-refractivity contribution in [3.63, 3.8) is 0 Å². The van der Waals surface area contributed by atoms with E-state index in [-0.39, 0.29) is 17.7 Å². The lowest BCUT2D eigenvalue weighted by Gasteiger charge is -2.32. The monoisotopic (exact) mass is 778 g/mol. The van der Waals surface area contributed by atoms with E-state index < -0.39 is 74.1 Å². The Bertz CT molecular complexity index is 2110. The number of aliphatic imine (C=N–C) groups is 1. The van der Waals surface area contributed by atoms with Crippen molar-refractivity contribution in [1.29, 1.82) is 0 Å². The summed E-state index contributed by atoms with van der Waals surface area (Å²) in [6.45, 7) is 7.57. The number of benzene rings is 2. The number of nitrogens with zero attached hydrogens (tertiary/aromatic N) is 4. The molecule has 0 spiro atoms. The van der Waals surface area contributed by atoms with Crippen molar-refractivity contribution < 1.29 is 46.9 Å². The van der Waals surface area contributed by atoms with Gasteiger partial charge in [-0.25, -0.2) is 14.1 Å². The van der Waals surface area contributed by atoms with Crippen molar-refractivity contribution in [3.05, 3.63) is 66.6 Å². The van der Waals surface area contributed by atoms with Crippen LogP contribution in [0.4, 0.5) is 5.82 Å². The lowest BCUT2D eigenvalue weighted by Crippen LogP contribution is -2.48. The minimum Gasteiger partial charge on any atom is -0.461 e. The molecule has 2 aromatic carbocycles. The fourth-order valence-corrected chi connectivity index (χ4v) is 7.83. The summed E-state index contributed by atoms with van der Waals surface area (Å²) in [6.07, 6.45) is 0.935. The first-order valence-corrected chi connectivity index (χ1v) is 19.8. The van der Waals surface area contributed by atoms with E-state index in [0.717, 1.165) is 24.6 Å². The van der Waals surface area contributed by atoms with Gasteiger partial charge in [-0.1, -0.05) is 64.1 Å². The third-order valence-corrected chi connectivity index (χ3v) is 11.1. The van der Waals surface area contributed by atoms with Gasteiger partial charge in [0.25, 0.3) is 0 Å². The highest BCUT2D eigenvalue weighted by molar-refractivity contribution is 7.52. The van der Waals surface area contributed by atoms with E-state index in [1.807, 2.05) is 24.3 Å². The molecule has 1 aliphatic heterocycles. The van der Waals surface area contributed by atoms with Gasteiger partial charge in [0.15, 0.2) is 23.6 Å². The predicted octanol–water partition coefficient (Wildman–Crippen LogP) is 5.17. The van der Waals surface area contributed by atoms with Crippen molar-refractivity contribution in [2.75, 3.05) is 19.4 Å². The molecule has 0 radical (unpaired) electrons. The zero-order valence-electron chi connectivity index (χ0n) is 31.6. The summed E-state index contributed by atoms with van der Waals surface area (Å²) in [6, 6.07) is 14.8. The smallest absolute Gasteiger partial charge is 0.459 e. The highest BCUT2D eigenvalue weighted by atomic mass is 31.2. The molecule has 6 rings (SSSR count). The fraction of sp³-hybridized carbons (Fsp3) is 0.474.